The van der Waals surface area contributed by atoms with Crippen molar-refractivity contribution in [2.45, 2.75) is 12.1 Å². The highest BCUT2D eigenvalue weighted by Crippen LogP contribution is 2.50. The number of halogens is 4. The van der Waals surface area contributed by atoms with E-state index in [1.54, 1.807) is 12.1 Å². The predicted octanol–water partition coefficient (Wildman–Crippen LogP) is 5.37. The van der Waals surface area contributed by atoms with Crippen molar-refractivity contribution < 1.29 is 51.2 Å². The Hall–Kier alpha value is -4.64. The van der Waals surface area contributed by atoms with E-state index >= 15 is 0 Å². The van der Waals surface area contributed by atoms with Gasteiger partial charge in [0.15, 0.2) is 17.2 Å². The molecule has 2 aromatic carbocycles. The molecule has 4 heterocycles. The van der Waals surface area contributed by atoms with Gasteiger partial charge in [-0.05, 0) is 24.7 Å². The molecule has 13 nitrogen and oxygen atoms in total. The van der Waals surface area contributed by atoms with Gasteiger partial charge in [-0.1, -0.05) is 15.9 Å². The number of esters is 1. The molecule has 17 heteroatoms. The van der Waals surface area contributed by atoms with Crippen molar-refractivity contribution in [3.63, 3.8) is 0 Å². The number of carbonyl (C=O) groups excluding carboxylic acids is 3. The fourth-order valence-electron chi connectivity index (χ4n) is 6.47. The van der Waals surface area contributed by atoms with Crippen molar-refractivity contribution in [2.24, 2.45) is 0 Å². The van der Waals surface area contributed by atoms with Crippen LogP contribution < -0.4 is 23.8 Å². The van der Waals surface area contributed by atoms with Crippen molar-refractivity contribution >= 4 is 61.4 Å². The minimum atomic E-state index is -5.00. The molecule has 6 rings (SSSR count). The fourth-order valence-corrected chi connectivity index (χ4v) is 7.00. The maximum atomic E-state index is 14.5. The molecule has 49 heavy (non-hydrogen) atoms. The highest BCUT2D eigenvalue weighted by molar-refractivity contribution is 9.09. The number of likely N-dealkylation sites (N-methyl/N-ethyl adjacent to an activating group) is 1. The van der Waals surface area contributed by atoms with Gasteiger partial charge in [-0.25, -0.2) is 9.59 Å². The number of ether oxygens (including phenoxy) is 5. The number of carbonyl (C=O) groups is 3. The van der Waals surface area contributed by atoms with E-state index in [-0.39, 0.29) is 45.5 Å². The van der Waals surface area contributed by atoms with Gasteiger partial charge < -0.3 is 48.4 Å². The monoisotopic (exact) mass is 751 g/mol. The molecule has 1 fully saturated rings. The SMILES string of the molecule is COC(=O)c1c(C(F)(F)F)[nH]c2c(OC(=O)N3CCN(C)CC3)cc3c(c12)C(CBr)CN3C(=O)c1cc2cc(OC)c(OC)c(OC)c2[nH]1. The molecule has 1 saturated heterocycles. The number of aromatic nitrogens is 2. The summed E-state index contributed by atoms with van der Waals surface area (Å²) in [5, 5.41) is 0.645. The standard InChI is InChI=1S/C32H33BrF3N5O8/c1-39-6-8-40(9-7-39)31(44)49-19-12-18-21(22-23(30(43)48-5)28(32(34,35)36)38-25(19)22)16(13-33)14-41(18)29(42)17-10-15-11-20(45-2)26(46-3)27(47-4)24(15)37-17/h10-12,16,37-38H,6-9,13-14H2,1-5H3. The molecule has 2 N–H and O–H groups in total. The number of nitrogens with one attached hydrogen (secondary N) is 2. The lowest BCUT2D eigenvalue weighted by Gasteiger charge is -2.31. The van der Waals surface area contributed by atoms with Gasteiger partial charge in [0.1, 0.15) is 11.4 Å². The van der Waals surface area contributed by atoms with Crippen LogP contribution in [-0.2, 0) is 10.9 Å². The summed E-state index contributed by atoms with van der Waals surface area (Å²) in [6, 6.07) is 4.62. The maximum Gasteiger partial charge on any atom is 0.432 e. The molecule has 0 saturated carbocycles. The summed E-state index contributed by atoms with van der Waals surface area (Å²) in [6.45, 7) is 1.85. The van der Waals surface area contributed by atoms with Crippen LogP contribution in [0, 0.1) is 0 Å². The quantitative estimate of drug-likeness (QED) is 0.189. The van der Waals surface area contributed by atoms with E-state index in [1.807, 2.05) is 11.9 Å². The molecule has 2 aliphatic rings. The Labute approximate surface area is 286 Å². The summed E-state index contributed by atoms with van der Waals surface area (Å²) in [5.41, 5.74) is -1.32. The lowest BCUT2D eigenvalue weighted by molar-refractivity contribution is -0.141. The number of fused-ring (bicyclic) bond motifs is 4. The van der Waals surface area contributed by atoms with Gasteiger partial charge in [-0.2, -0.15) is 13.2 Å². The summed E-state index contributed by atoms with van der Waals surface area (Å²) >= 11 is 3.45. The molecule has 0 radical (unpaired) electrons. The first-order valence-corrected chi connectivity index (χ1v) is 16.2. The Morgan fingerprint density at radius 3 is 2.20 bits per heavy atom. The number of anilines is 1. The third-order valence-corrected chi connectivity index (χ3v) is 9.66. The zero-order valence-corrected chi connectivity index (χ0v) is 28.8. The fraction of sp³-hybridized carbons (Fsp3) is 0.406. The van der Waals surface area contributed by atoms with Crippen molar-refractivity contribution in [3.8, 4) is 23.0 Å². The number of rotatable bonds is 7. The highest BCUT2D eigenvalue weighted by Gasteiger charge is 2.44. The van der Waals surface area contributed by atoms with Gasteiger partial charge in [0.05, 0.1) is 50.7 Å². The molecular weight excluding hydrogens is 719 g/mol. The third kappa shape index (κ3) is 5.77. The predicted molar refractivity (Wildman–Crippen MR) is 176 cm³/mol. The zero-order chi connectivity index (χ0) is 35.4. The molecule has 2 amide bonds. The van der Waals surface area contributed by atoms with Gasteiger partial charge in [0.2, 0.25) is 5.75 Å². The lowest BCUT2D eigenvalue weighted by atomic mass is 9.95. The van der Waals surface area contributed by atoms with E-state index < -0.39 is 41.3 Å². The van der Waals surface area contributed by atoms with E-state index in [0.29, 0.717) is 54.3 Å². The average molecular weight is 753 g/mol. The molecule has 0 aliphatic carbocycles. The number of amides is 2. The first-order valence-electron chi connectivity index (χ1n) is 15.1. The van der Waals surface area contributed by atoms with E-state index in [4.69, 9.17) is 23.7 Å². The van der Waals surface area contributed by atoms with Crippen molar-refractivity contribution in [2.75, 3.05) is 78.4 Å². The van der Waals surface area contributed by atoms with Gasteiger partial charge in [0.25, 0.3) is 5.91 Å². The van der Waals surface area contributed by atoms with Crippen LogP contribution in [-0.4, -0.2) is 111 Å². The summed E-state index contributed by atoms with van der Waals surface area (Å²) in [4.78, 5) is 51.0. The molecular formula is C32H33BrF3N5O8. The lowest BCUT2D eigenvalue weighted by Crippen LogP contribution is -2.48. The van der Waals surface area contributed by atoms with Crippen molar-refractivity contribution in [3.05, 3.63) is 40.7 Å². The van der Waals surface area contributed by atoms with E-state index in [0.717, 1.165) is 7.11 Å². The summed E-state index contributed by atoms with van der Waals surface area (Å²) in [7, 11) is 7.24. The van der Waals surface area contributed by atoms with Crippen LogP contribution >= 0.6 is 15.9 Å². The molecule has 262 valence electrons. The molecule has 0 bridgehead atoms. The average Bonchev–Trinajstić information content (AvgIpc) is 3.80. The smallest absolute Gasteiger partial charge is 0.432 e. The summed E-state index contributed by atoms with van der Waals surface area (Å²) in [5.74, 6) is -1.65. The Bertz CT molecular complexity index is 1970. The van der Waals surface area contributed by atoms with Crippen molar-refractivity contribution in [1.82, 2.24) is 19.8 Å². The zero-order valence-electron chi connectivity index (χ0n) is 27.2. The molecule has 1 unspecified atom stereocenters. The minimum Gasteiger partial charge on any atom is -0.493 e. The molecule has 4 aromatic rings. The minimum absolute atomic E-state index is 0.0245. The second-order valence-corrected chi connectivity index (χ2v) is 12.3. The number of alkyl halides is 4. The van der Waals surface area contributed by atoms with Crippen LogP contribution in [0.4, 0.5) is 23.7 Å². The number of nitrogens with zero attached hydrogens (tertiary/aromatic N) is 3. The number of benzene rings is 2. The van der Waals surface area contributed by atoms with Gasteiger partial charge in [-0.15, -0.1) is 0 Å². The Balaban J connectivity index is 1.54. The summed E-state index contributed by atoms with van der Waals surface area (Å²) < 4.78 is 70.5. The van der Waals surface area contributed by atoms with Gasteiger partial charge in [0, 0.05) is 60.8 Å². The van der Waals surface area contributed by atoms with Crippen LogP contribution in [0.1, 0.15) is 38.0 Å². The maximum absolute atomic E-state index is 14.5. The summed E-state index contributed by atoms with van der Waals surface area (Å²) in [6.07, 6.45) is -5.78. The molecule has 0 spiro atoms. The van der Waals surface area contributed by atoms with E-state index in [2.05, 4.69) is 25.9 Å². The Morgan fingerprint density at radius 1 is 0.918 bits per heavy atom. The first-order chi connectivity index (χ1) is 23.4. The topological polar surface area (TPSA) is 139 Å². The van der Waals surface area contributed by atoms with Crippen molar-refractivity contribution in [1.29, 1.82) is 0 Å². The van der Waals surface area contributed by atoms with Crippen LogP contribution in [0.5, 0.6) is 23.0 Å². The second kappa shape index (κ2) is 13.0. The van der Waals surface area contributed by atoms with Crippen LogP contribution in [0.2, 0.25) is 0 Å². The van der Waals surface area contributed by atoms with E-state index in [1.165, 1.54) is 37.2 Å². The number of piperazine rings is 1. The highest BCUT2D eigenvalue weighted by atomic mass is 79.9. The molecule has 2 aromatic heterocycles. The number of methoxy groups -OCH3 is 4. The Kier molecular flexibility index (Phi) is 9.08. The molecule has 1 atom stereocenters. The second-order valence-electron chi connectivity index (χ2n) is 11.6. The van der Waals surface area contributed by atoms with Crippen LogP contribution in [0.25, 0.3) is 21.8 Å². The van der Waals surface area contributed by atoms with E-state index in [9.17, 15) is 27.6 Å². The van der Waals surface area contributed by atoms with Crippen LogP contribution in [0.15, 0.2) is 18.2 Å². The number of hydrogen-bond acceptors (Lipinski definition) is 9. The largest absolute Gasteiger partial charge is 0.493 e. The molecule has 2 aliphatic heterocycles. The van der Waals surface area contributed by atoms with Gasteiger partial charge in [-0.3, -0.25) is 4.79 Å². The normalized spacial score (nSPS) is 16.6. The van der Waals surface area contributed by atoms with Gasteiger partial charge >= 0.3 is 18.2 Å². The number of hydrogen-bond donors (Lipinski definition) is 2. The number of aromatic amines is 2. The van der Waals surface area contributed by atoms with Crippen LogP contribution in [0.3, 0.4) is 0 Å². The first kappa shape index (κ1) is 34.2. The Morgan fingerprint density at radius 2 is 1.61 bits per heavy atom. The third-order valence-electron chi connectivity index (χ3n) is 8.88. The number of H-pyrrole nitrogens is 2.